The van der Waals surface area contributed by atoms with Crippen molar-refractivity contribution in [3.63, 3.8) is 0 Å². The van der Waals surface area contributed by atoms with E-state index in [9.17, 15) is 4.79 Å². The quantitative estimate of drug-likeness (QED) is 0.785. The average Bonchev–Trinajstić information content (AvgIpc) is 2.70. The lowest BCUT2D eigenvalue weighted by Crippen LogP contribution is -2.41. The molecular weight excluding hydrogens is 345 g/mol. The van der Waals surface area contributed by atoms with E-state index in [1.165, 1.54) is 0 Å². The number of ether oxygens (including phenoxy) is 1. The van der Waals surface area contributed by atoms with Crippen molar-refractivity contribution >= 4 is 25.0 Å². The highest BCUT2D eigenvalue weighted by Crippen LogP contribution is 2.38. The maximum absolute atomic E-state index is 12.1. The molecule has 1 aromatic heterocycles. The van der Waals surface area contributed by atoms with Crippen molar-refractivity contribution in [2.24, 2.45) is 0 Å². The Hall–Kier alpha value is -2.06. The van der Waals surface area contributed by atoms with Gasteiger partial charge in [-0.2, -0.15) is 0 Å². The Morgan fingerprint density at radius 1 is 1.26 bits per heavy atom. The van der Waals surface area contributed by atoms with E-state index in [1.54, 1.807) is 18.5 Å². The van der Waals surface area contributed by atoms with Crippen LogP contribution in [0.15, 0.2) is 23.9 Å². The minimum atomic E-state index is -0.605. The molecule has 1 aliphatic heterocycles. The number of amides is 1. The molecule has 0 atom stereocenters. The lowest BCUT2D eigenvalue weighted by molar-refractivity contribution is 0.00578. The van der Waals surface area contributed by atoms with Crippen LogP contribution in [0.2, 0.25) is 0 Å². The molecule has 148 valence electrons. The van der Waals surface area contributed by atoms with Gasteiger partial charge in [0.2, 0.25) is 0 Å². The predicted molar refractivity (Wildman–Crippen MR) is 107 cm³/mol. The van der Waals surface area contributed by atoms with Crippen LogP contribution in [-0.4, -0.2) is 41.5 Å². The van der Waals surface area contributed by atoms with E-state index in [2.05, 4.69) is 10.3 Å². The number of hydrogen-bond acceptors (Lipinski definition) is 6. The van der Waals surface area contributed by atoms with Gasteiger partial charge in [-0.15, -0.1) is 0 Å². The number of alkyl carbamates (subject to hydrolysis) is 1. The Balaban J connectivity index is 2.23. The molecule has 1 fully saturated rings. The highest BCUT2D eigenvalue weighted by molar-refractivity contribution is 6.56. The summed E-state index contributed by atoms with van der Waals surface area (Å²) >= 11 is 0. The predicted octanol–water partition coefficient (Wildman–Crippen LogP) is 3.20. The van der Waals surface area contributed by atoms with E-state index in [0.29, 0.717) is 5.69 Å². The fraction of sp³-hybridized carbons (Fsp3) is 0.579. The van der Waals surface area contributed by atoms with Crippen LogP contribution in [0, 0.1) is 0 Å². The van der Waals surface area contributed by atoms with Crippen LogP contribution >= 0.6 is 0 Å². The van der Waals surface area contributed by atoms with Gasteiger partial charge in [-0.25, -0.2) is 4.79 Å². The summed E-state index contributed by atoms with van der Waals surface area (Å²) in [6, 6.07) is 1.80. The lowest BCUT2D eigenvalue weighted by atomic mass is 9.77. The van der Waals surface area contributed by atoms with Crippen molar-refractivity contribution in [3.05, 3.63) is 29.5 Å². The fourth-order valence-corrected chi connectivity index (χ4v) is 2.45. The van der Waals surface area contributed by atoms with E-state index in [1.807, 2.05) is 54.5 Å². The number of nitrogens with two attached hydrogens (primary N) is 1. The number of carbonyl (C=O) groups excluding carboxylic acids is 1. The second-order valence-electron chi connectivity index (χ2n) is 8.71. The zero-order valence-corrected chi connectivity index (χ0v) is 17.3. The van der Waals surface area contributed by atoms with Gasteiger partial charge in [-0.1, -0.05) is 6.08 Å². The van der Waals surface area contributed by atoms with Crippen LogP contribution in [0.4, 0.5) is 10.5 Å². The number of carbonyl (C=O) groups is 1. The van der Waals surface area contributed by atoms with E-state index in [4.69, 9.17) is 19.8 Å². The molecule has 1 saturated heterocycles. The van der Waals surface area contributed by atoms with E-state index < -0.39 is 30.0 Å². The highest BCUT2D eigenvalue weighted by atomic mass is 16.7. The molecule has 8 heteroatoms. The van der Waals surface area contributed by atoms with Crippen LogP contribution in [0.1, 0.15) is 54.0 Å². The SMILES string of the molecule is CC(C)(C)OC(=O)NCC(=Cc1cncc(N)c1)B1OC(C)(C)C(C)(C)O1. The molecule has 2 rings (SSSR count). The van der Waals surface area contributed by atoms with E-state index >= 15 is 0 Å². The smallest absolute Gasteiger partial charge is 0.444 e. The van der Waals surface area contributed by atoms with Gasteiger partial charge in [-0.05, 0) is 65.6 Å². The summed E-state index contributed by atoms with van der Waals surface area (Å²) in [5.41, 5.74) is 6.36. The number of rotatable bonds is 4. The third-order valence-corrected chi connectivity index (χ3v) is 4.52. The molecule has 1 amide bonds. The molecular formula is C19H30BN3O4. The van der Waals surface area contributed by atoms with Gasteiger partial charge in [0, 0.05) is 18.9 Å². The summed E-state index contributed by atoms with van der Waals surface area (Å²) in [7, 11) is -0.605. The fourth-order valence-electron chi connectivity index (χ4n) is 2.45. The molecule has 0 saturated carbocycles. The number of anilines is 1. The summed E-state index contributed by atoms with van der Waals surface area (Å²) in [6.07, 6.45) is 4.62. The van der Waals surface area contributed by atoms with Crippen molar-refractivity contribution in [1.29, 1.82) is 0 Å². The number of nitrogens with one attached hydrogen (secondary N) is 1. The Morgan fingerprint density at radius 2 is 1.85 bits per heavy atom. The van der Waals surface area contributed by atoms with Gasteiger partial charge < -0.3 is 25.1 Å². The Bertz CT molecular complexity index is 710. The third kappa shape index (κ3) is 5.71. The molecule has 2 heterocycles. The Kier molecular flexibility index (Phi) is 5.92. The minimum absolute atomic E-state index is 0.209. The van der Waals surface area contributed by atoms with Crippen molar-refractivity contribution in [2.45, 2.75) is 65.3 Å². The molecule has 27 heavy (non-hydrogen) atoms. The lowest BCUT2D eigenvalue weighted by Gasteiger charge is -2.32. The van der Waals surface area contributed by atoms with Crippen molar-refractivity contribution < 1.29 is 18.8 Å². The normalized spacial score (nSPS) is 19.1. The standard InChI is InChI=1S/C19H30BN3O4/c1-17(2,3)25-16(24)23-11-14(8-13-9-15(21)12-22-10-13)20-26-18(4,5)19(6,7)27-20/h8-10,12H,11,21H2,1-7H3,(H,23,24). The average molecular weight is 375 g/mol. The number of nitrogen functional groups attached to an aromatic ring is 1. The summed E-state index contributed by atoms with van der Waals surface area (Å²) < 4.78 is 17.6. The summed E-state index contributed by atoms with van der Waals surface area (Å²) in [4.78, 5) is 16.2. The first kappa shape index (κ1) is 21.2. The van der Waals surface area contributed by atoms with Crippen molar-refractivity contribution in [1.82, 2.24) is 10.3 Å². The number of hydrogen-bond donors (Lipinski definition) is 2. The third-order valence-electron chi connectivity index (χ3n) is 4.52. The zero-order valence-electron chi connectivity index (χ0n) is 17.3. The second kappa shape index (κ2) is 7.52. The molecule has 0 aliphatic carbocycles. The maximum atomic E-state index is 12.1. The van der Waals surface area contributed by atoms with Crippen molar-refractivity contribution in [3.8, 4) is 0 Å². The van der Waals surface area contributed by atoms with Crippen LogP contribution in [0.25, 0.3) is 6.08 Å². The van der Waals surface area contributed by atoms with Gasteiger partial charge in [0.15, 0.2) is 0 Å². The summed E-state index contributed by atoms with van der Waals surface area (Å²) in [6.45, 7) is 13.6. The molecule has 1 aromatic rings. The molecule has 0 bridgehead atoms. The zero-order chi connectivity index (χ0) is 20.5. The first-order valence-corrected chi connectivity index (χ1v) is 9.02. The van der Waals surface area contributed by atoms with Crippen LogP contribution in [-0.2, 0) is 14.0 Å². The Morgan fingerprint density at radius 3 is 2.37 bits per heavy atom. The summed E-state index contributed by atoms with van der Waals surface area (Å²) in [5.74, 6) is 0. The number of nitrogens with zero attached hydrogens (tertiary/aromatic N) is 1. The summed E-state index contributed by atoms with van der Waals surface area (Å²) in [5, 5.41) is 2.76. The molecule has 0 spiro atoms. The highest BCUT2D eigenvalue weighted by Gasteiger charge is 2.52. The van der Waals surface area contributed by atoms with Crippen LogP contribution in [0.5, 0.6) is 0 Å². The Labute approximate surface area is 161 Å². The number of pyridine rings is 1. The van der Waals surface area contributed by atoms with Gasteiger partial charge in [0.25, 0.3) is 0 Å². The topological polar surface area (TPSA) is 95.7 Å². The van der Waals surface area contributed by atoms with E-state index in [-0.39, 0.29) is 6.54 Å². The molecule has 7 nitrogen and oxygen atoms in total. The van der Waals surface area contributed by atoms with Crippen LogP contribution < -0.4 is 11.1 Å². The van der Waals surface area contributed by atoms with Gasteiger partial charge in [-0.3, -0.25) is 4.98 Å². The second-order valence-corrected chi connectivity index (χ2v) is 8.71. The number of aromatic nitrogens is 1. The van der Waals surface area contributed by atoms with E-state index in [0.717, 1.165) is 11.0 Å². The molecule has 0 unspecified atom stereocenters. The first-order valence-electron chi connectivity index (χ1n) is 9.02. The molecule has 0 aromatic carbocycles. The first-order chi connectivity index (χ1) is 12.3. The minimum Gasteiger partial charge on any atom is -0.444 e. The van der Waals surface area contributed by atoms with Gasteiger partial charge in [0.1, 0.15) is 5.60 Å². The molecule has 3 N–H and O–H groups in total. The maximum Gasteiger partial charge on any atom is 0.492 e. The largest absolute Gasteiger partial charge is 0.492 e. The molecule has 0 radical (unpaired) electrons. The monoisotopic (exact) mass is 375 g/mol. The van der Waals surface area contributed by atoms with Crippen molar-refractivity contribution in [2.75, 3.05) is 12.3 Å². The van der Waals surface area contributed by atoms with Gasteiger partial charge >= 0.3 is 13.2 Å². The van der Waals surface area contributed by atoms with Gasteiger partial charge in [0.05, 0.1) is 16.9 Å². The molecule has 1 aliphatic rings. The van der Waals surface area contributed by atoms with Crippen LogP contribution in [0.3, 0.4) is 0 Å².